The fourth-order valence-corrected chi connectivity index (χ4v) is 3.83. The van der Waals surface area contributed by atoms with Crippen molar-refractivity contribution in [2.45, 2.75) is 19.3 Å². The van der Waals surface area contributed by atoms with Crippen LogP contribution in [0.15, 0.2) is 30.3 Å². The van der Waals surface area contributed by atoms with Gasteiger partial charge in [-0.1, -0.05) is 30.3 Å². The first kappa shape index (κ1) is 17.6. The van der Waals surface area contributed by atoms with E-state index in [0.717, 1.165) is 63.5 Å². The van der Waals surface area contributed by atoms with Crippen molar-refractivity contribution in [2.75, 3.05) is 52.5 Å². The van der Waals surface area contributed by atoms with Gasteiger partial charge in [0, 0.05) is 39.3 Å². The second kappa shape index (κ2) is 9.35. The lowest BCUT2D eigenvalue weighted by Crippen LogP contribution is -2.47. The fourth-order valence-electron chi connectivity index (χ4n) is 3.55. The summed E-state index contributed by atoms with van der Waals surface area (Å²) < 4.78 is 5.38. The van der Waals surface area contributed by atoms with E-state index in [1.807, 2.05) is 0 Å². The number of piperidine rings is 1. The van der Waals surface area contributed by atoms with Gasteiger partial charge in [-0.2, -0.15) is 0 Å². The molecule has 0 spiro atoms. The van der Waals surface area contributed by atoms with Crippen molar-refractivity contribution in [3.05, 3.63) is 35.9 Å². The molecule has 24 heavy (non-hydrogen) atoms. The summed E-state index contributed by atoms with van der Waals surface area (Å²) in [7, 11) is 0. The van der Waals surface area contributed by atoms with Crippen molar-refractivity contribution >= 4 is 17.3 Å². The molecule has 5 heteroatoms. The second-order valence-corrected chi connectivity index (χ2v) is 7.19. The largest absolute Gasteiger partial charge is 0.379 e. The highest BCUT2D eigenvalue weighted by Gasteiger charge is 2.21. The van der Waals surface area contributed by atoms with E-state index in [2.05, 4.69) is 45.4 Å². The first-order valence-electron chi connectivity index (χ1n) is 9.18. The molecule has 0 bridgehead atoms. The van der Waals surface area contributed by atoms with Crippen LogP contribution in [0.25, 0.3) is 0 Å². The molecule has 2 fully saturated rings. The van der Waals surface area contributed by atoms with E-state index in [4.69, 9.17) is 17.0 Å². The number of nitrogens with zero attached hydrogens (tertiary/aromatic N) is 2. The SMILES string of the molecule is S=C(NCCN1CCOCC1)N1CCC(Cc2ccccc2)CC1. The van der Waals surface area contributed by atoms with Gasteiger partial charge in [-0.25, -0.2) is 0 Å². The Hall–Kier alpha value is -1.17. The molecule has 0 saturated carbocycles. The Kier molecular flexibility index (Phi) is 6.87. The van der Waals surface area contributed by atoms with Crippen LogP contribution in [0.5, 0.6) is 0 Å². The highest BCUT2D eigenvalue weighted by atomic mass is 32.1. The number of ether oxygens (including phenoxy) is 1. The van der Waals surface area contributed by atoms with E-state index in [-0.39, 0.29) is 0 Å². The average molecular weight is 348 g/mol. The standard InChI is InChI=1S/C19H29N3OS/c24-19(20-8-11-21-12-14-23-15-13-21)22-9-6-18(7-10-22)16-17-4-2-1-3-5-17/h1-5,18H,6-16H2,(H,20,24). The zero-order valence-electron chi connectivity index (χ0n) is 14.5. The van der Waals surface area contributed by atoms with Gasteiger partial charge in [0.15, 0.2) is 5.11 Å². The number of morpholine rings is 1. The topological polar surface area (TPSA) is 27.7 Å². The zero-order valence-corrected chi connectivity index (χ0v) is 15.3. The summed E-state index contributed by atoms with van der Waals surface area (Å²) in [6.45, 7) is 7.95. The summed E-state index contributed by atoms with van der Waals surface area (Å²) in [5.74, 6) is 0.791. The molecular formula is C19H29N3OS. The Morgan fingerprint density at radius 2 is 1.79 bits per heavy atom. The third-order valence-corrected chi connectivity index (χ3v) is 5.48. The lowest BCUT2D eigenvalue weighted by atomic mass is 9.90. The number of hydrogen-bond donors (Lipinski definition) is 1. The number of likely N-dealkylation sites (tertiary alicyclic amines) is 1. The maximum absolute atomic E-state index is 5.58. The second-order valence-electron chi connectivity index (χ2n) is 6.81. The molecule has 1 N–H and O–H groups in total. The summed E-state index contributed by atoms with van der Waals surface area (Å²) in [6, 6.07) is 10.8. The maximum atomic E-state index is 5.58. The van der Waals surface area contributed by atoms with Crippen molar-refractivity contribution in [1.82, 2.24) is 15.1 Å². The Bertz CT molecular complexity index is 497. The number of rotatable bonds is 5. The lowest BCUT2D eigenvalue weighted by molar-refractivity contribution is 0.0388. The first-order valence-corrected chi connectivity index (χ1v) is 9.59. The van der Waals surface area contributed by atoms with E-state index in [9.17, 15) is 0 Å². The smallest absolute Gasteiger partial charge is 0.168 e. The van der Waals surface area contributed by atoms with E-state index in [1.54, 1.807) is 0 Å². The summed E-state index contributed by atoms with van der Waals surface area (Å²) >= 11 is 5.58. The first-order chi connectivity index (χ1) is 11.8. The summed E-state index contributed by atoms with van der Waals surface area (Å²) in [6.07, 6.45) is 3.67. The van der Waals surface area contributed by atoms with Crippen LogP contribution < -0.4 is 5.32 Å². The molecule has 2 saturated heterocycles. The summed E-state index contributed by atoms with van der Waals surface area (Å²) in [5, 5.41) is 4.37. The van der Waals surface area contributed by atoms with Gasteiger partial charge in [0.25, 0.3) is 0 Å². The van der Waals surface area contributed by atoms with E-state index in [1.165, 1.54) is 24.8 Å². The minimum absolute atomic E-state index is 0.791. The highest BCUT2D eigenvalue weighted by molar-refractivity contribution is 7.80. The minimum atomic E-state index is 0.791. The molecule has 0 aliphatic carbocycles. The van der Waals surface area contributed by atoms with Crippen molar-refractivity contribution < 1.29 is 4.74 Å². The molecule has 3 rings (SSSR count). The molecule has 4 nitrogen and oxygen atoms in total. The Morgan fingerprint density at radius 1 is 1.08 bits per heavy atom. The van der Waals surface area contributed by atoms with Gasteiger partial charge in [0.05, 0.1) is 13.2 Å². The molecule has 2 heterocycles. The number of thiocarbonyl (C=S) groups is 1. The summed E-state index contributed by atoms with van der Waals surface area (Å²) in [4.78, 5) is 4.78. The molecule has 132 valence electrons. The van der Waals surface area contributed by atoms with Gasteiger partial charge in [0.1, 0.15) is 0 Å². The highest BCUT2D eigenvalue weighted by Crippen LogP contribution is 2.21. The molecule has 2 aliphatic rings. The molecule has 0 unspecified atom stereocenters. The molecule has 0 radical (unpaired) electrons. The van der Waals surface area contributed by atoms with E-state index in [0.29, 0.717) is 0 Å². The van der Waals surface area contributed by atoms with Crippen LogP contribution in [0.4, 0.5) is 0 Å². The monoisotopic (exact) mass is 347 g/mol. The van der Waals surface area contributed by atoms with Crippen molar-refractivity contribution in [2.24, 2.45) is 5.92 Å². The van der Waals surface area contributed by atoms with Gasteiger partial charge in [-0.3, -0.25) is 4.90 Å². The molecule has 0 atom stereocenters. The molecule has 0 amide bonds. The predicted octanol–water partition coefficient (Wildman–Crippen LogP) is 2.15. The van der Waals surface area contributed by atoms with Crippen LogP contribution in [-0.2, 0) is 11.2 Å². The molecule has 2 aliphatic heterocycles. The molecule has 0 aromatic heterocycles. The maximum Gasteiger partial charge on any atom is 0.168 e. The third kappa shape index (κ3) is 5.43. The number of benzene rings is 1. The Balaban J connectivity index is 1.32. The number of nitrogens with one attached hydrogen (secondary N) is 1. The quantitative estimate of drug-likeness (QED) is 0.824. The minimum Gasteiger partial charge on any atom is -0.379 e. The van der Waals surface area contributed by atoms with Crippen LogP contribution in [0, 0.1) is 5.92 Å². The Morgan fingerprint density at radius 3 is 2.50 bits per heavy atom. The average Bonchev–Trinajstić information content (AvgIpc) is 2.64. The van der Waals surface area contributed by atoms with E-state index < -0.39 is 0 Å². The van der Waals surface area contributed by atoms with Crippen molar-refractivity contribution in [1.29, 1.82) is 0 Å². The van der Waals surface area contributed by atoms with Gasteiger partial charge in [-0.05, 0) is 43.0 Å². The van der Waals surface area contributed by atoms with Crippen LogP contribution in [0.1, 0.15) is 18.4 Å². The Labute approximate surface area is 151 Å². The van der Waals surface area contributed by atoms with Crippen molar-refractivity contribution in [3.63, 3.8) is 0 Å². The molecule has 1 aromatic carbocycles. The molecule has 1 aromatic rings. The number of hydrogen-bond acceptors (Lipinski definition) is 3. The van der Waals surface area contributed by atoms with Gasteiger partial charge < -0.3 is 15.0 Å². The van der Waals surface area contributed by atoms with Gasteiger partial charge in [0.2, 0.25) is 0 Å². The third-order valence-electron chi connectivity index (χ3n) is 5.08. The zero-order chi connectivity index (χ0) is 16.6. The van der Waals surface area contributed by atoms with Crippen LogP contribution >= 0.6 is 12.2 Å². The van der Waals surface area contributed by atoms with E-state index >= 15 is 0 Å². The normalized spacial score (nSPS) is 20.1. The van der Waals surface area contributed by atoms with Crippen LogP contribution in [0.2, 0.25) is 0 Å². The van der Waals surface area contributed by atoms with Crippen LogP contribution in [-0.4, -0.2) is 67.4 Å². The summed E-state index contributed by atoms with van der Waals surface area (Å²) in [5.41, 5.74) is 1.46. The van der Waals surface area contributed by atoms with Crippen molar-refractivity contribution in [3.8, 4) is 0 Å². The lowest BCUT2D eigenvalue weighted by Gasteiger charge is -2.34. The fraction of sp³-hybridized carbons (Fsp3) is 0.632. The van der Waals surface area contributed by atoms with Crippen LogP contribution in [0.3, 0.4) is 0 Å². The predicted molar refractivity (Wildman–Crippen MR) is 102 cm³/mol. The molecular weight excluding hydrogens is 318 g/mol. The van der Waals surface area contributed by atoms with Gasteiger partial charge in [-0.15, -0.1) is 0 Å². The van der Waals surface area contributed by atoms with Gasteiger partial charge >= 0.3 is 0 Å².